The Morgan fingerprint density at radius 2 is 1.24 bits per heavy atom. The summed E-state index contributed by atoms with van der Waals surface area (Å²) in [6.07, 6.45) is 7.61. The third-order valence-electron chi connectivity index (χ3n) is 8.29. The van der Waals surface area contributed by atoms with Gasteiger partial charge < -0.3 is 14.9 Å². The SMILES string of the molecule is Cc1ccc(N(c2ccc(C)cc2)c2ccc(C=Cc3ccc(N4CCCc5cc(/C=C(\C#N)C(=O)O)ccc54)cc3)cc2)cc1. The maximum Gasteiger partial charge on any atom is 0.346 e. The standard InChI is InChI=1S/C41H35N3O2/c1-29-5-16-37(17-6-29)44(38-18-7-30(2)8-19-38)39-22-13-32(14-23-39)10-9-31-11-20-36(21-12-31)43-25-3-4-34-26-33(15-24-40(34)43)27-35(28-42)41(45)46/h5-24,26-27H,3-4,25H2,1-2H3,(H,45,46)/b10-9?,35-27+. The highest BCUT2D eigenvalue weighted by Crippen LogP contribution is 2.36. The van der Waals surface area contributed by atoms with Crippen LogP contribution in [0.3, 0.4) is 0 Å². The molecule has 0 fully saturated rings. The molecular weight excluding hydrogens is 566 g/mol. The van der Waals surface area contributed by atoms with Crippen LogP contribution < -0.4 is 9.80 Å². The predicted octanol–water partition coefficient (Wildman–Crippen LogP) is 10.0. The Balaban J connectivity index is 1.18. The van der Waals surface area contributed by atoms with Crippen molar-refractivity contribution in [3.05, 3.63) is 154 Å². The van der Waals surface area contributed by atoms with E-state index >= 15 is 0 Å². The van der Waals surface area contributed by atoms with Crippen molar-refractivity contribution in [2.75, 3.05) is 16.3 Å². The number of aryl methyl sites for hydroxylation is 3. The van der Waals surface area contributed by atoms with Crippen molar-refractivity contribution in [2.45, 2.75) is 26.7 Å². The average molecular weight is 602 g/mol. The lowest BCUT2D eigenvalue weighted by Gasteiger charge is -2.31. The van der Waals surface area contributed by atoms with Crippen LogP contribution in [-0.4, -0.2) is 17.6 Å². The third-order valence-corrected chi connectivity index (χ3v) is 8.29. The molecule has 226 valence electrons. The molecule has 5 aromatic rings. The van der Waals surface area contributed by atoms with Gasteiger partial charge >= 0.3 is 5.97 Å². The second kappa shape index (κ2) is 13.4. The molecule has 0 aromatic heterocycles. The monoisotopic (exact) mass is 601 g/mol. The zero-order chi connectivity index (χ0) is 32.0. The van der Waals surface area contributed by atoms with Gasteiger partial charge in [-0.2, -0.15) is 5.26 Å². The summed E-state index contributed by atoms with van der Waals surface area (Å²) in [5.74, 6) is -1.21. The molecule has 5 heteroatoms. The van der Waals surface area contributed by atoms with Crippen molar-refractivity contribution in [3.8, 4) is 6.07 Å². The fourth-order valence-electron chi connectivity index (χ4n) is 5.81. The minimum absolute atomic E-state index is 0.265. The molecule has 0 bridgehead atoms. The zero-order valence-corrected chi connectivity index (χ0v) is 26.0. The summed E-state index contributed by atoms with van der Waals surface area (Å²) in [5, 5.41) is 18.3. The summed E-state index contributed by atoms with van der Waals surface area (Å²) in [7, 11) is 0. The third kappa shape index (κ3) is 6.77. The maximum absolute atomic E-state index is 11.3. The van der Waals surface area contributed by atoms with Crippen LogP contribution in [0.5, 0.6) is 0 Å². The van der Waals surface area contributed by atoms with Crippen molar-refractivity contribution >= 4 is 52.6 Å². The summed E-state index contributed by atoms with van der Waals surface area (Å²) >= 11 is 0. The van der Waals surface area contributed by atoms with Gasteiger partial charge in [0.15, 0.2) is 0 Å². The first-order valence-electron chi connectivity index (χ1n) is 15.5. The van der Waals surface area contributed by atoms with Crippen molar-refractivity contribution in [1.29, 1.82) is 5.26 Å². The first-order chi connectivity index (χ1) is 22.4. The number of carboxylic acid groups (broad SMARTS) is 1. The lowest BCUT2D eigenvalue weighted by Crippen LogP contribution is -2.24. The quantitative estimate of drug-likeness (QED) is 0.109. The number of hydrogen-bond donors (Lipinski definition) is 1. The number of rotatable bonds is 8. The second-order valence-electron chi connectivity index (χ2n) is 11.6. The van der Waals surface area contributed by atoms with E-state index in [1.807, 2.05) is 18.2 Å². The van der Waals surface area contributed by atoms with Crippen molar-refractivity contribution in [1.82, 2.24) is 0 Å². The van der Waals surface area contributed by atoms with Gasteiger partial charge in [-0.05, 0) is 116 Å². The van der Waals surface area contributed by atoms with Gasteiger partial charge in [-0.15, -0.1) is 0 Å². The molecule has 46 heavy (non-hydrogen) atoms. The Labute approximate surface area is 270 Å². The molecule has 1 N–H and O–H groups in total. The molecule has 0 amide bonds. The van der Waals surface area contributed by atoms with Gasteiger partial charge in [-0.1, -0.05) is 77.9 Å². The van der Waals surface area contributed by atoms with E-state index in [0.717, 1.165) is 70.1 Å². The van der Waals surface area contributed by atoms with Gasteiger partial charge in [0.05, 0.1) is 0 Å². The lowest BCUT2D eigenvalue weighted by atomic mass is 9.97. The van der Waals surface area contributed by atoms with Crippen LogP contribution in [0.15, 0.2) is 121 Å². The molecule has 0 radical (unpaired) electrons. The zero-order valence-electron chi connectivity index (χ0n) is 26.0. The molecule has 0 unspecified atom stereocenters. The minimum Gasteiger partial charge on any atom is -0.477 e. The first kappa shape index (κ1) is 30.2. The van der Waals surface area contributed by atoms with Crippen molar-refractivity contribution in [2.24, 2.45) is 0 Å². The number of nitrogens with zero attached hydrogens (tertiary/aromatic N) is 3. The molecule has 6 rings (SSSR count). The van der Waals surface area contributed by atoms with Crippen LogP contribution in [0.4, 0.5) is 28.4 Å². The van der Waals surface area contributed by atoms with Gasteiger partial charge in [0.2, 0.25) is 0 Å². The minimum atomic E-state index is -1.21. The van der Waals surface area contributed by atoms with E-state index in [-0.39, 0.29) is 5.57 Å². The molecule has 0 aliphatic carbocycles. The highest BCUT2D eigenvalue weighted by Gasteiger charge is 2.19. The fraction of sp³-hybridized carbons (Fsp3) is 0.122. The van der Waals surface area contributed by atoms with Crippen LogP contribution in [0.2, 0.25) is 0 Å². The fourth-order valence-corrected chi connectivity index (χ4v) is 5.81. The van der Waals surface area contributed by atoms with E-state index in [1.54, 1.807) is 6.07 Å². The van der Waals surface area contributed by atoms with Crippen molar-refractivity contribution < 1.29 is 9.90 Å². The molecule has 1 aliphatic rings. The van der Waals surface area contributed by atoms with E-state index in [9.17, 15) is 9.90 Å². The predicted molar refractivity (Wildman–Crippen MR) is 189 cm³/mol. The molecular formula is C41H35N3O2. The van der Waals surface area contributed by atoms with Gasteiger partial charge in [-0.3, -0.25) is 0 Å². The summed E-state index contributed by atoms with van der Waals surface area (Å²) < 4.78 is 0. The number of nitriles is 1. The number of anilines is 5. The lowest BCUT2D eigenvalue weighted by molar-refractivity contribution is -0.132. The molecule has 0 saturated carbocycles. The Morgan fingerprint density at radius 1 is 0.739 bits per heavy atom. The van der Waals surface area contributed by atoms with Crippen LogP contribution in [0, 0.1) is 25.2 Å². The number of benzene rings is 5. The average Bonchev–Trinajstić information content (AvgIpc) is 3.08. The Hall–Kier alpha value is -5.86. The topological polar surface area (TPSA) is 67.6 Å². The summed E-state index contributed by atoms with van der Waals surface area (Å²) in [6, 6.07) is 42.1. The van der Waals surface area contributed by atoms with Crippen molar-refractivity contribution in [3.63, 3.8) is 0 Å². The van der Waals surface area contributed by atoms with Crippen LogP contribution in [-0.2, 0) is 11.2 Å². The molecule has 0 spiro atoms. The second-order valence-corrected chi connectivity index (χ2v) is 11.6. The molecule has 5 nitrogen and oxygen atoms in total. The summed E-state index contributed by atoms with van der Waals surface area (Å²) in [4.78, 5) is 15.8. The smallest absolute Gasteiger partial charge is 0.346 e. The molecule has 0 saturated heterocycles. The summed E-state index contributed by atoms with van der Waals surface area (Å²) in [6.45, 7) is 5.12. The summed E-state index contributed by atoms with van der Waals surface area (Å²) in [5.41, 5.74) is 11.9. The number of hydrogen-bond acceptors (Lipinski definition) is 4. The number of aliphatic carboxylic acids is 1. The number of fused-ring (bicyclic) bond motifs is 1. The molecule has 0 atom stereocenters. The van der Waals surface area contributed by atoms with E-state index in [1.165, 1.54) is 17.2 Å². The highest BCUT2D eigenvalue weighted by atomic mass is 16.4. The van der Waals surface area contributed by atoms with Gasteiger partial charge in [0.25, 0.3) is 0 Å². The normalized spacial score (nSPS) is 12.9. The largest absolute Gasteiger partial charge is 0.477 e. The number of carbonyl (C=O) groups is 1. The first-order valence-corrected chi connectivity index (χ1v) is 15.5. The van der Waals surface area contributed by atoms with Gasteiger partial charge in [-0.25, -0.2) is 4.79 Å². The van der Waals surface area contributed by atoms with E-state index in [0.29, 0.717) is 0 Å². The van der Waals surface area contributed by atoms with Crippen LogP contribution >= 0.6 is 0 Å². The number of carboxylic acids is 1. The molecule has 1 aliphatic heterocycles. The molecule has 5 aromatic carbocycles. The van der Waals surface area contributed by atoms with Crippen LogP contribution in [0.1, 0.15) is 39.8 Å². The van der Waals surface area contributed by atoms with E-state index in [2.05, 4.69) is 133 Å². The Kier molecular flexibility index (Phi) is 8.80. The van der Waals surface area contributed by atoms with Gasteiger partial charge in [0, 0.05) is 35.0 Å². The highest BCUT2D eigenvalue weighted by molar-refractivity contribution is 5.96. The Bertz CT molecular complexity index is 1900. The molecule has 1 heterocycles. The Morgan fingerprint density at radius 3 is 1.76 bits per heavy atom. The van der Waals surface area contributed by atoms with Gasteiger partial charge in [0.1, 0.15) is 11.6 Å². The van der Waals surface area contributed by atoms with E-state index < -0.39 is 5.97 Å². The van der Waals surface area contributed by atoms with E-state index in [4.69, 9.17) is 5.26 Å². The van der Waals surface area contributed by atoms with Crippen LogP contribution in [0.25, 0.3) is 18.2 Å². The maximum atomic E-state index is 11.3.